The fraction of sp³-hybridized carbons (Fsp3) is 0.357. The quantitative estimate of drug-likeness (QED) is 0.733. The zero-order valence-electron chi connectivity index (χ0n) is 9.95. The van der Waals surface area contributed by atoms with Gasteiger partial charge < -0.3 is 9.36 Å². The van der Waals surface area contributed by atoms with Crippen molar-refractivity contribution in [1.82, 2.24) is 4.57 Å². The molecule has 0 aliphatic rings. The summed E-state index contributed by atoms with van der Waals surface area (Å²) >= 11 is 5.99. The minimum absolute atomic E-state index is 0.269. The van der Waals surface area contributed by atoms with Crippen molar-refractivity contribution in [2.24, 2.45) is 0 Å². The van der Waals surface area contributed by atoms with Crippen LogP contribution < -0.4 is 0 Å². The summed E-state index contributed by atoms with van der Waals surface area (Å²) in [5.41, 5.74) is 1.17. The molecular weight excluding hydrogens is 234 g/mol. The molecule has 0 aliphatic heterocycles. The molecule has 1 aromatic carbocycles. The van der Waals surface area contributed by atoms with E-state index in [9.17, 15) is 4.79 Å². The summed E-state index contributed by atoms with van der Waals surface area (Å²) in [7, 11) is 0. The van der Waals surface area contributed by atoms with E-state index >= 15 is 0 Å². The SMILES string of the molecule is CC(=O)CCCCn1ccc2ccc(Cl)cc21. The third-order valence-electron chi connectivity index (χ3n) is 2.91. The molecule has 0 aliphatic carbocycles. The number of rotatable bonds is 5. The standard InChI is InChI=1S/C14H16ClNO/c1-11(17)4-2-3-8-16-9-7-12-5-6-13(15)10-14(12)16/h5-7,9-10H,2-4,8H2,1H3. The van der Waals surface area contributed by atoms with Crippen molar-refractivity contribution in [2.75, 3.05) is 0 Å². The highest BCUT2D eigenvalue weighted by Gasteiger charge is 2.01. The van der Waals surface area contributed by atoms with E-state index in [1.54, 1.807) is 6.92 Å². The van der Waals surface area contributed by atoms with E-state index in [4.69, 9.17) is 11.6 Å². The third-order valence-corrected chi connectivity index (χ3v) is 3.15. The van der Waals surface area contributed by atoms with Crippen LogP contribution in [0, 0.1) is 0 Å². The minimum atomic E-state index is 0.269. The van der Waals surface area contributed by atoms with E-state index < -0.39 is 0 Å². The zero-order valence-corrected chi connectivity index (χ0v) is 10.7. The van der Waals surface area contributed by atoms with E-state index in [1.807, 2.05) is 18.2 Å². The lowest BCUT2D eigenvalue weighted by atomic mass is 10.2. The van der Waals surface area contributed by atoms with Crippen molar-refractivity contribution in [3.63, 3.8) is 0 Å². The Bertz CT molecular complexity index is 530. The maximum atomic E-state index is 10.8. The Labute approximate surface area is 106 Å². The van der Waals surface area contributed by atoms with Gasteiger partial charge in [-0.05, 0) is 43.4 Å². The number of carbonyl (C=O) groups excluding carboxylic acids is 1. The molecule has 2 aromatic rings. The van der Waals surface area contributed by atoms with Crippen LogP contribution in [0.25, 0.3) is 10.9 Å². The molecule has 17 heavy (non-hydrogen) atoms. The summed E-state index contributed by atoms with van der Waals surface area (Å²) in [4.78, 5) is 10.8. The van der Waals surface area contributed by atoms with Gasteiger partial charge in [-0.2, -0.15) is 0 Å². The number of aryl methyl sites for hydroxylation is 1. The average Bonchev–Trinajstić information content (AvgIpc) is 2.67. The predicted molar refractivity (Wildman–Crippen MR) is 71.5 cm³/mol. The molecule has 2 rings (SSSR count). The number of ketones is 1. The van der Waals surface area contributed by atoms with E-state index in [1.165, 1.54) is 10.9 Å². The highest BCUT2D eigenvalue weighted by atomic mass is 35.5. The number of Topliss-reactive ketones (excluding diaryl/α,β-unsaturated/α-hetero) is 1. The first-order valence-electron chi connectivity index (χ1n) is 5.90. The fourth-order valence-electron chi connectivity index (χ4n) is 2.01. The van der Waals surface area contributed by atoms with E-state index in [0.717, 1.165) is 24.4 Å². The fourth-order valence-corrected chi connectivity index (χ4v) is 2.17. The number of hydrogen-bond acceptors (Lipinski definition) is 1. The van der Waals surface area contributed by atoms with Gasteiger partial charge in [0.05, 0.1) is 0 Å². The van der Waals surface area contributed by atoms with Crippen LogP contribution in [0.1, 0.15) is 26.2 Å². The molecule has 0 N–H and O–H groups in total. The normalized spacial score (nSPS) is 10.9. The molecule has 0 unspecified atom stereocenters. The first-order valence-corrected chi connectivity index (χ1v) is 6.28. The Balaban J connectivity index is 2.03. The summed E-state index contributed by atoms with van der Waals surface area (Å²) < 4.78 is 2.20. The average molecular weight is 250 g/mol. The van der Waals surface area contributed by atoms with Crippen LogP contribution in [-0.4, -0.2) is 10.4 Å². The van der Waals surface area contributed by atoms with Gasteiger partial charge in [0.25, 0.3) is 0 Å². The Kier molecular flexibility index (Phi) is 3.85. The monoisotopic (exact) mass is 249 g/mol. The van der Waals surface area contributed by atoms with Crippen molar-refractivity contribution >= 4 is 28.3 Å². The zero-order chi connectivity index (χ0) is 12.3. The second-order valence-corrected chi connectivity index (χ2v) is 4.81. The molecule has 3 heteroatoms. The van der Waals surface area contributed by atoms with Crippen molar-refractivity contribution in [2.45, 2.75) is 32.7 Å². The maximum Gasteiger partial charge on any atom is 0.129 e. The number of fused-ring (bicyclic) bond motifs is 1. The van der Waals surface area contributed by atoms with E-state index in [-0.39, 0.29) is 5.78 Å². The summed E-state index contributed by atoms with van der Waals surface area (Å²) in [6, 6.07) is 8.02. The lowest BCUT2D eigenvalue weighted by Gasteiger charge is -2.05. The van der Waals surface area contributed by atoms with Crippen molar-refractivity contribution in [3.8, 4) is 0 Å². The molecule has 0 radical (unpaired) electrons. The number of benzene rings is 1. The largest absolute Gasteiger partial charge is 0.347 e. The van der Waals surface area contributed by atoms with E-state index in [2.05, 4.69) is 16.8 Å². The Morgan fingerprint density at radius 1 is 1.29 bits per heavy atom. The summed E-state index contributed by atoms with van der Waals surface area (Å²) in [6.07, 6.45) is 4.74. The Morgan fingerprint density at radius 3 is 2.88 bits per heavy atom. The number of unbranched alkanes of at least 4 members (excludes halogenated alkanes) is 1. The van der Waals surface area contributed by atoms with Crippen LogP contribution >= 0.6 is 11.6 Å². The van der Waals surface area contributed by atoms with E-state index in [0.29, 0.717) is 6.42 Å². The molecule has 0 saturated heterocycles. The van der Waals surface area contributed by atoms with Crippen LogP contribution in [0.15, 0.2) is 30.5 Å². The molecule has 0 amide bonds. The first kappa shape index (κ1) is 12.2. The predicted octanol–water partition coefficient (Wildman–Crippen LogP) is 4.05. The molecule has 1 aromatic heterocycles. The molecule has 1 heterocycles. The Hall–Kier alpha value is -1.28. The molecular formula is C14H16ClNO. The molecule has 0 saturated carbocycles. The molecule has 2 nitrogen and oxygen atoms in total. The highest BCUT2D eigenvalue weighted by molar-refractivity contribution is 6.31. The van der Waals surface area contributed by atoms with Crippen LogP contribution in [0.2, 0.25) is 5.02 Å². The van der Waals surface area contributed by atoms with Crippen LogP contribution in [-0.2, 0) is 11.3 Å². The maximum absolute atomic E-state index is 10.8. The second-order valence-electron chi connectivity index (χ2n) is 4.37. The minimum Gasteiger partial charge on any atom is -0.347 e. The smallest absolute Gasteiger partial charge is 0.129 e. The number of halogens is 1. The van der Waals surface area contributed by atoms with Crippen molar-refractivity contribution < 1.29 is 4.79 Å². The lowest BCUT2D eigenvalue weighted by molar-refractivity contribution is -0.117. The van der Waals surface area contributed by atoms with Crippen LogP contribution in [0.4, 0.5) is 0 Å². The van der Waals surface area contributed by atoms with Gasteiger partial charge >= 0.3 is 0 Å². The molecule has 90 valence electrons. The van der Waals surface area contributed by atoms with Gasteiger partial charge in [0.2, 0.25) is 0 Å². The first-order chi connectivity index (χ1) is 8.16. The van der Waals surface area contributed by atoms with Gasteiger partial charge in [-0.25, -0.2) is 0 Å². The molecule has 0 fully saturated rings. The van der Waals surface area contributed by atoms with Crippen molar-refractivity contribution in [1.29, 1.82) is 0 Å². The van der Waals surface area contributed by atoms with Gasteiger partial charge in [-0.1, -0.05) is 17.7 Å². The van der Waals surface area contributed by atoms with Gasteiger partial charge in [-0.3, -0.25) is 0 Å². The summed E-state index contributed by atoms with van der Waals surface area (Å²) in [5, 5.41) is 1.97. The van der Waals surface area contributed by atoms with Gasteiger partial charge in [0, 0.05) is 29.7 Å². The summed E-state index contributed by atoms with van der Waals surface area (Å²) in [5.74, 6) is 0.269. The van der Waals surface area contributed by atoms with Gasteiger partial charge in [-0.15, -0.1) is 0 Å². The van der Waals surface area contributed by atoms with Crippen molar-refractivity contribution in [3.05, 3.63) is 35.5 Å². The highest BCUT2D eigenvalue weighted by Crippen LogP contribution is 2.21. The third kappa shape index (κ3) is 3.10. The van der Waals surface area contributed by atoms with Crippen LogP contribution in [0.3, 0.4) is 0 Å². The molecule has 0 bridgehead atoms. The number of nitrogens with zero attached hydrogens (tertiary/aromatic N) is 1. The second kappa shape index (κ2) is 5.37. The Morgan fingerprint density at radius 2 is 2.12 bits per heavy atom. The van der Waals surface area contributed by atoms with Gasteiger partial charge in [0.1, 0.15) is 5.78 Å². The number of carbonyl (C=O) groups is 1. The topological polar surface area (TPSA) is 22.0 Å². The van der Waals surface area contributed by atoms with Gasteiger partial charge in [0.15, 0.2) is 0 Å². The lowest BCUT2D eigenvalue weighted by Crippen LogP contribution is -1.97. The molecule has 0 spiro atoms. The number of aromatic nitrogens is 1. The molecule has 0 atom stereocenters. The summed E-state index contributed by atoms with van der Waals surface area (Å²) in [6.45, 7) is 2.59. The van der Waals surface area contributed by atoms with Crippen LogP contribution in [0.5, 0.6) is 0 Å². The number of hydrogen-bond donors (Lipinski definition) is 0.